The maximum absolute atomic E-state index is 4.89. The molecular weight excluding hydrogens is 355 g/mol. The Morgan fingerprint density at radius 1 is 1.28 bits per heavy atom. The zero-order valence-corrected chi connectivity index (χ0v) is 13.2. The number of hydrogen-bond acceptors (Lipinski definition) is 3. The molecule has 1 saturated carbocycles. The molecule has 3 rings (SSSR count). The zero-order valence-electron chi connectivity index (χ0n) is 10.2. The number of halogens is 1. The van der Waals surface area contributed by atoms with E-state index in [0.717, 1.165) is 16.8 Å². The van der Waals surface area contributed by atoms with Gasteiger partial charge in [-0.2, -0.15) is 0 Å². The fraction of sp³-hybridized carbons (Fsp3) is 0.500. The van der Waals surface area contributed by atoms with Gasteiger partial charge in [0, 0.05) is 15.0 Å². The Labute approximate surface area is 126 Å². The molecule has 4 heteroatoms. The maximum atomic E-state index is 4.89. The predicted octanol–water partition coefficient (Wildman–Crippen LogP) is 4.36. The lowest BCUT2D eigenvalue weighted by molar-refractivity contribution is 0.336. The molecule has 96 valence electrons. The molecule has 2 unspecified atom stereocenters. The third kappa shape index (κ3) is 3.02. The van der Waals surface area contributed by atoms with Gasteiger partial charge in [-0.05, 0) is 59.5 Å². The molecule has 2 nitrogen and oxygen atoms in total. The molecule has 1 aliphatic heterocycles. The van der Waals surface area contributed by atoms with E-state index in [1.165, 1.54) is 35.0 Å². The van der Waals surface area contributed by atoms with Crippen molar-refractivity contribution in [2.75, 3.05) is 11.1 Å². The lowest BCUT2D eigenvalue weighted by atomic mass is 9.86. The van der Waals surface area contributed by atoms with Crippen molar-refractivity contribution in [2.45, 2.75) is 31.7 Å². The van der Waals surface area contributed by atoms with Gasteiger partial charge in [-0.3, -0.25) is 4.99 Å². The lowest BCUT2D eigenvalue weighted by Crippen LogP contribution is -2.31. The Kier molecular flexibility index (Phi) is 4.13. The first-order valence-corrected chi connectivity index (χ1v) is 8.61. The topological polar surface area (TPSA) is 24.4 Å². The minimum Gasteiger partial charge on any atom is -0.335 e. The molecule has 1 heterocycles. The molecule has 18 heavy (non-hydrogen) atoms. The number of thioether (sulfide) groups is 1. The fourth-order valence-corrected chi connectivity index (χ4v) is 4.39. The highest BCUT2D eigenvalue weighted by Gasteiger charge is 2.28. The van der Waals surface area contributed by atoms with Crippen molar-refractivity contribution < 1.29 is 0 Å². The van der Waals surface area contributed by atoms with Crippen LogP contribution in [0.3, 0.4) is 0 Å². The minimum atomic E-state index is 0.574. The Hall–Kier alpha value is -0.230. The number of nitrogens with one attached hydrogen (secondary N) is 1. The molecule has 0 spiro atoms. The second-order valence-corrected chi connectivity index (χ2v) is 7.25. The van der Waals surface area contributed by atoms with Gasteiger partial charge in [0.25, 0.3) is 0 Å². The van der Waals surface area contributed by atoms with Crippen LogP contribution in [0.2, 0.25) is 0 Å². The van der Waals surface area contributed by atoms with Crippen molar-refractivity contribution in [2.24, 2.45) is 10.9 Å². The summed E-state index contributed by atoms with van der Waals surface area (Å²) >= 11 is 4.23. The van der Waals surface area contributed by atoms with Gasteiger partial charge < -0.3 is 5.32 Å². The monoisotopic (exact) mass is 372 g/mol. The van der Waals surface area contributed by atoms with Crippen LogP contribution in [0.1, 0.15) is 25.7 Å². The van der Waals surface area contributed by atoms with Crippen LogP contribution in [0.15, 0.2) is 29.3 Å². The average molecular weight is 372 g/mol. The lowest BCUT2D eigenvalue weighted by Gasteiger charge is -2.32. The van der Waals surface area contributed by atoms with Gasteiger partial charge in [-0.15, -0.1) is 0 Å². The molecule has 1 aromatic rings. The van der Waals surface area contributed by atoms with Gasteiger partial charge in [0.05, 0.1) is 6.04 Å². The first-order chi connectivity index (χ1) is 8.81. The van der Waals surface area contributed by atoms with E-state index in [0.29, 0.717) is 6.04 Å². The summed E-state index contributed by atoms with van der Waals surface area (Å²) in [5, 5.41) is 4.57. The van der Waals surface area contributed by atoms with Crippen LogP contribution in [-0.2, 0) is 0 Å². The first-order valence-electron chi connectivity index (χ1n) is 6.54. The van der Waals surface area contributed by atoms with Gasteiger partial charge in [0.1, 0.15) is 0 Å². The third-order valence-corrected chi connectivity index (χ3v) is 5.41. The van der Waals surface area contributed by atoms with Crippen LogP contribution in [0.5, 0.6) is 0 Å². The van der Waals surface area contributed by atoms with Crippen LogP contribution in [0.4, 0.5) is 5.69 Å². The highest BCUT2D eigenvalue weighted by molar-refractivity contribution is 14.1. The molecule has 2 aliphatic rings. The van der Waals surface area contributed by atoms with Crippen molar-refractivity contribution >= 4 is 45.2 Å². The standard InChI is InChI=1S/C14H17IN2S/c15-11-5-3-6-12(8-11)16-14-17-13-7-2-1-4-10(13)9-18-14/h3,5-6,8,10,13H,1-2,4,7,9H2,(H,16,17). The van der Waals surface area contributed by atoms with Gasteiger partial charge in [0.15, 0.2) is 5.17 Å². The number of anilines is 1. The van der Waals surface area contributed by atoms with Crippen molar-refractivity contribution in [1.29, 1.82) is 0 Å². The van der Waals surface area contributed by atoms with E-state index in [1.807, 2.05) is 11.8 Å². The first kappa shape index (κ1) is 12.8. The number of aliphatic imine (C=N–C) groups is 1. The molecule has 2 atom stereocenters. The second kappa shape index (κ2) is 5.82. The summed E-state index contributed by atoms with van der Waals surface area (Å²) in [6, 6.07) is 9.04. The number of fused-ring (bicyclic) bond motifs is 1. The molecular formula is C14H17IN2S. The normalized spacial score (nSPS) is 27.3. The molecule has 0 aromatic heterocycles. The van der Waals surface area contributed by atoms with E-state index < -0.39 is 0 Å². The zero-order chi connectivity index (χ0) is 12.4. The molecule has 0 amide bonds. The summed E-state index contributed by atoms with van der Waals surface area (Å²) in [5.41, 5.74) is 1.16. The highest BCUT2D eigenvalue weighted by Crippen LogP contribution is 2.34. The molecule has 0 radical (unpaired) electrons. The van der Waals surface area contributed by atoms with E-state index in [-0.39, 0.29) is 0 Å². The van der Waals surface area contributed by atoms with E-state index in [4.69, 9.17) is 4.99 Å². The number of hydrogen-bond donors (Lipinski definition) is 1. The quantitative estimate of drug-likeness (QED) is 0.741. The van der Waals surface area contributed by atoms with Gasteiger partial charge in [-0.1, -0.05) is 30.7 Å². The smallest absolute Gasteiger partial charge is 0.161 e. The number of nitrogens with zero attached hydrogens (tertiary/aromatic N) is 1. The third-order valence-electron chi connectivity index (χ3n) is 3.66. The van der Waals surface area contributed by atoms with Crippen molar-refractivity contribution in [3.63, 3.8) is 0 Å². The van der Waals surface area contributed by atoms with E-state index in [9.17, 15) is 0 Å². The Bertz CT molecular complexity index is 461. The van der Waals surface area contributed by atoms with Crippen LogP contribution in [-0.4, -0.2) is 17.0 Å². The summed E-state index contributed by atoms with van der Waals surface area (Å²) in [7, 11) is 0. The molecule has 0 bridgehead atoms. The predicted molar refractivity (Wildman–Crippen MR) is 88.4 cm³/mol. The minimum absolute atomic E-state index is 0.574. The van der Waals surface area contributed by atoms with Gasteiger partial charge in [-0.25, -0.2) is 0 Å². The van der Waals surface area contributed by atoms with E-state index in [2.05, 4.69) is 52.2 Å². The van der Waals surface area contributed by atoms with E-state index in [1.54, 1.807) is 0 Å². The Morgan fingerprint density at radius 3 is 3.06 bits per heavy atom. The van der Waals surface area contributed by atoms with Crippen LogP contribution in [0.25, 0.3) is 0 Å². The van der Waals surface area contributed by atoms with E-state index >= 15 is 0 Å². The summed E-state index contributed by atoms with van der Waals surface area (Å²) in [4.78, 5) is 4.89. The van der Waals surface area contributed by atoms with Gasteiger partial charge >= 0.3 is 0 Å². The molecule has 1 fully saturated rings. The number of benzene rings is 1. The van der Waals surface area contributed by atoms with Crippen molar-refractivity contribution in [3.05, 3.63) is 27.8 Å². The SMILES string of the molecule is Ic1cccc(NC2=NC3CCCCC3CS2)c1. The molecule has 1 aromatic carbocycles. The largest absolute Gasteiger partial charge is 0.335 e. The Morgan fingerprint density at radius 2 is 2.17 bits per heavy atom. The van der Waals surface area contributed by atoms with Gasteiger partial charge in [0.2, 0.25) is 0 Å². The summed E-state index contributed by atoms with van der Waals surface area (Å²) < 4.78 is 1.26. The summed E-state index contributed by atoms with van der Waals surface area (Å²) in [6.45, 7) is 0. The number of amidine groups is 1. The second-order valence-electron chi connectivity index (χ2n) is 4.99. The fourth-order valence-electron chi connectivity index (χ4n) is 2.68. The summed E-state index contributed by atoms with van der Waals surface area (Å²) in [5.74, 6) is 2.06. The Balaban J connectivity index is 1.71. The van der Waals surface area contributed by atoms with Crippen molar-refractivity contribution in [3.8, 4) is 0 Å². The molecule has 1 aliphatic carbocycles. The highest BCUT2D eigenvalue weighted by atomic mass is 127. The molecule has 1 N–H and O–H groups in total. The number of rotatable bonds is 1. The average Bonchev–Trinajstić information content (AvgIpc) is 2.39. The van der Waals surface area contributed by atoms with Crippen molar-refractivity contribution in [1.82, 2.24) is 0 Å². The molecule has 0 saturated heterocycles. The van der Waals surface area contributed by atoms with Crippen LogP contribution < -0.4 is 5.32 Å². The van der Waals surface area contributed by atoms with Crippen LogP contribution in [0, 0.1) is 9.49 Å². The van der Waals surface area contributed by atoms with Crippen LogP contribution >= 0.6 is 34.4 Å². The maximum Gasteiger partial charge on any atom is 0.161 e. The summed E-state index contributed by atoms with van der Waals surface area (Å²) in [6.07, 6.45) is 5.41.